The third-order valence-corrected chi connectivity index (χ3v) is 8.19. The van der Waals surface area contributed by atoms with E-state index >= 15 is 0 Å². The van der Waals surface area contributed by atoms with Crippen molar-refractivity contribution in [2.75, 3.05) is 24.6 Å². The molecule has 2 aromatic carbocycles. The Morgan fingerprint density at radius 1 is 0.971 bits per heavy atom. The molecule has 2 aliphatic heterocycles. The van der Waals surface area contributed by atoms with E-state index in [-0.39, 0.29) is 36.4 Å². The summed E-state index contributed by atoms with van der Waals surface area (Å²) in [6, 6.07) is 11.2. The number of amides is 1. The van der Waals surface area contributed by atoms with Crippen LogP contribution in [0, 0.1) is 0 Å². The first-order valence-corrected chi connectivity index (χ1v) is 12.9. The summed E-state index contributed by atoms with van der Waals surface area (Å²) in [4.78, 5) is 14.6. The summed E-state index contributed by atoms with van der Waals surface area (Å²) < 4.78 is 67.2. The van der Waals surface area contributed by atoms with E-state index in [4.69, 9.17) is 4.74 Å². The molecule has 6 nitrogen and oxygen atoms in total. The summed E-state index contributed by atoms with van der Waals surface area (Å²) in [6.07, 6.45) is -3.21. The second-order valence-electron chi connectivity index (χ2n) is 8.89. The number of aliphatic hydroxyl groups is 1. The maximum atomic E-state index is 12.9. The smallest absolute Gasteiger partial charge is 0.416 e. The van der Waals surface area contributed by atoms with Gasteiger partial charge in [0.15, 0.2) is 9.84 Å². The van der Waals surface area contributed by atoms with Gasteiger partial charge in [-0.1, -0.05) is 12.1 Å². The molecule has 0 saturated carbocycles. The number of benzene rings is 2. The van der Waals surface area contributed by atoms with Gasteiger partial charge in [0.05, 0.1) is 22.7 Å². The first-order valence-electron chi connectivity index (χ1n) is 11.1. The van der Waals surface area contributed by atoms with Crippen LogP contribution in [0.3, 0.4) is 0 Å². The molecule has 0 aromatic heterocycles. The Balaban J connectivity index is 1.31. The molecule has 4 rings (SSSR count). The van der Waals surface area contributed by atoms with E-state index in [9.17, 15) is 31.5 Å². The number of halogens is 3. The molecule has 2 aliphatic rings. The molecule has 0 atom stereocenters. The fourth-order valence-electron chi connectivity index (χ4n) is 4.36. The van der Waals surface area contributed by atoms with Crippen molar-refractivity contribution in [1.29, 1.82) is 0 Å². The Morgan fingerprint density at radius 2 is 1.53 bits per heavy atom. The normalized spacial score (nSPS) is 20.6. The molecule has 1 amide bonds. The summed E-state index contributed by atoms with van der Waals surface area (Å²) in [7, 11) is -3.11. The monoisotopic (exact) mass is 497 g/mol. The van der Waals surface area contributed by atoms with E-state index in [2.05, 4.69) is 0 Å². The van der Waals surface area contributed by atoms with Crippen molar-refractivity contribution in [2.45, 2.75) is 43.6 Å². The van der Waals surface area contributed by atoms with Crippen LogP contribution in [-0.4, -0.2) is 55.0 Å². The Morgan fingerprint density at radius 3 is 2.06 bits per heavy atom. The molecule has 1 N–H and O–H groups in total. The topological polar surface area (TPSA) is 83.9 Å². The molecule has 2 heterocycles. The summed E-state index contributed by atoms with van der Waals surface area (Å²) >= 11 is 0. The fourth-order valence-corrected chi connectivity index (χ4v) is 5.86. The molecule has 2 fully saturated rings. The highest BCUT2D eigenvalue weighted by molar-refractivity contribution is 7.91. The molecule has 184 valence electrons. The molecular weight excluding hydrogens is 471 g/mol. The Kier molecular flexibility index (Phi) is 6.65. The maximum absolute atomic E-state index is 12.9. The Bertz CT molecular complexity index is 1110. The highest BCUT2D eigenvalue weighted by atomic mass is 32.2. The van der Waals surface area contributed by atoms with Gasteiger partial charge >= 0.3 is 6.18 Å². The van der Waals surface area contributed by atoms with Crippen LogP contribution in [0.1, 0.15) is 47.2 Å². The number of sulfone groups is 1. The van der Waals surface area contributed by atoms with Crippen molar-refractivity contribution < 1.29 is 36.2 Å². The number of rotatable bonds is 4. The SMILES string of the molecule is O=C(c1ccc(C2(O)CCS(=O)(=O)CC2)cc1)N1CCC(Oc2ccc(C(F)(F)F)cc2)CC1. The largest absolute Gasteiger partial charge is 0.490 e. The molecule has 2 saturated heterocycles. The van der Waals surface area contributed by atoms with Crippen molar-refractivity contribution in [3.8, 4) is 5.75 Å². The minimum Gasteiger partial charge on any atom is -0.490 e. The fraction of sp³-hybridized carbons (Fsp3) is 0.458. The average Bonchev–Trinajstić information content (AvgIpc) is 2.81. The minimum atomic E-state index is -4.39. The summed E-state index contributed by atoms with van der Waals surface area (Å²) in [5.74, 6) is 0.0842. The van der Waals surface area contributed by atoms with Crippen molar-refractivity contribution in [3.63, 3.8) is 0 Å². The lowest BCUT2D eigenvalue weighted by Crippen LogP contribution is -2.41. The number of carbonyl (C=O) groups is 1. The average molecular weight is 498 g/mol. The molecule has 0 radical (unpaired) electrons. The molecule has 0 unspecified atom stereocenters. The number of hydrogen-bond donors (Lipinski definition) is 1. The van der Waals surface area contributed by atoms with E-state index in [1.165, 1.54) is 12.1 Å². The van der Waals surface area contributed by atoms with Gasteiger partial charge in [-0.05, 0) is 54.8 Å². The predicted molar refractivity (Wildman–Crippen MR) is 119 cm³/mol. The molecular formula is C24H26F3NO5S. The standard InChI is InChI=1S/C24H26F3NO5S/c25-24(26,27)19-5-7-20(8-6-19)33-21-9-13-28(14-10-21)22(29)17-1-3-18(4-2-17)23(30)11-15-34(31,32)16-12-23/h1-8,21,30H,9-16H2. The van der Waals surface area contributed by atoms with Gasteiger partial charge in [-0.15, -0.1) is 0 Å². The van der Waals surface area contributed by atoms with Crippen LogP contribution < -0.4 is 4.74 Å². The third kappa shape index (κ3) is 5.55. The molecule has 34 heavy (non-hydrogen) atoms. The zero-order valence-electron chi connectivity index (χ0n) is 18.4. The second-order valence-corrected chi connectivity index (χ2v) is 11.2. The number of alkyl halides is 3. The number of ether oxygens (including phenoxy) is 1. The van der Waals surface area contributed by atoms with Gasteiger partial charge in [0.25, 0.3) is 5.91 Å². The van der Waals surface area contributed by atoms with Crippen molar-refractivity contribution in [2.24, 2.45) is 0 Å². The van der Waals surface area contributed by atoms with Crippen LogP contribution in [0.5, 0.6) is 5.75 Å². The maximum Gasteiger partial charge on any atom is 0.416 e. The van der Waals surface area contributed by atoms with Crippen molar-refractivity contribution >= 4 is 15.7 Å². The van der Waals surface area contributed by atoms with Crippen LogP contribution in [0.25, 0.3) is 0 Å². The lowest BCUT2D eigenvalue weighted by Gasteiger charge is -2.33. The lowest BCUT2D eigenvalue weighted by molar-refractivity contribution is -0.137. The minimum absolute atomic E-state index is 0.0618. The molecule has 0 bridgehead atoms. The zero-order chi connectivity index (χ0) is 24.6. The van der Waals surface area contributed by atoms with E-state index < -0.39 is 27.2 Å². The lowest BCUT2D eigenvalue weighted by atomic mass is 9.87. The van der Waals surface area contributed by atoms with E-state index in [1.807, 2.05) is 0 Å². The first-order chi connectivity index (χ1) is 16.0. The van der Waals surface area contributed by atoms with Gasteiger partial charge in [-0.25, -0.2) is 8.42 Å². The quantitative estimate of drug-likeness (QED) is 0.695. The number of piperidine rings is 1. The van der Waals surface area contributed by atoms with Gasteiger partial charge in [0.1, 0.15) is 11.9 Å². The van der Waals surface area contributed by atoms with E-state index in [1.54, 1.807) is 29.2 Å². The predicted octanol–water partition coefficient (Wildman–Crippen LogP) is 3.79. The number of hydrogen-bond acceptors (Lipinski definition) is 5. The van der Waals surface area contributed by atoms with Gasteiger partial charge in [-0.3, -0.25) is 4.79 Å². The van der Waals surface area contributed by atoms with Crippen LogP contribution in [0.4, 0.5) is 13.2 Å². The zero-order valence-corrected chi connectivity index (χ0v) is 19.2. The van der Waals surface area contributed by atoms with Crippen molar-refractivity contribution in [3.05, 3.63) is 65.2 Å². The number of likely N-dealkylation sites (tertiary alicyclic amines) is 1. The third-order valence-electron chi connectivity index (χ3n) is 6.54. The van der Waals surface area contributed by atoms with Gasteiger partial charge < -0.3 is 14.7 Å². The van der Waals surface area contributed by atoms with Crippen LogP contribution in [0.2, 0.25) is 0 Å². The van der Waals surface area contributed by atoms with Gasteiger partial charge in [-0.2, -0.15) is 13.2 Å². The number of carbonyl (C=O) groups excluding carboxylic acids is 1. The van der Waals surface area contributed by atoms with E-state index in [0.29, 0.717) is 42.8 Å². The Hall–Kier alpha value is -2.59. The molecule has 2 aromatic rings. The highest BCUT2D eigenvalue weighted by Gasteiger charge is 2.37. The summed E-state index contributed by atoms with van der Waals surface area (Å²) in [5.41, 5.74) is -0.867. The Labute approximate surface area is 196 Å². The molecule has 0 aliphatic carbocycles. The van der Waals surface area contributed by atoms with Crippen LogP contribution in [0.15, 0.2) is 48.5 Å². The van der Waals surface area contributed by atoms with E-state index in [0.717, 1.165) is 12.1 Å². The van der Waals surface area contributed by atoms with Crippen LogP contribution >= 0.6 is 0 Å². The molecule has 0 spiro atoms. The highest BCUT2D eigenvalue weighted by Crippen LogP contribution is 2.34. The first kappa shape index (κ1) is 24.5. The van der Waals surface area contributed by atoms with Gasteiger partial charge in [0.2, 0.25) is 0 Å². The van der Waals surface area contributed by atoms with Gasteiger partial charge in [0, 0.05) is 31.5 Å². The summed E-state index contributed by atoms with van der Waals surface area (Å²) in [5, 5.41) is 10.8. The molecule has 10 heteroatoms. The second kappa shape index (κ2) is 9.22. The summed E-state index contributed by atoms with van der Waals surface area (Å²) in [6.45, 7) is 0.904. The van der Waals surface area contributed by atoms with Crippen LogP contribution in [-0.2, 0) is 21.6 Å². The number of nitrogens with zero attached hydrogens (tertiary/aromatic N) is 1. The van der Waals surface area contributed by atoms with Crippen molar-refractivity contribution in [1.82, 2.24) is 4.90 Å².